The maximum absolute atomic E-state index is 10.1. The lowest BCUT2D eigenvalue weighted by atomic mass is 9.64. The molecule has 19 heavy (non-hydrogen) atoms. The van der Waals surface area contributed by atoms with Crippen molar-refractivity contribution in [1.29, 1.82) is 0 Å². The van der Waals surface area contributed by atoms with Crippen molar-refractivity contribution in [1.82, 2.24) is 0 Å². The molecule has 2 aliphatic rings. The van der Waals surface area contributed by atoms with Crippen LogP contribution in [0.25, 0.3) is 0 Å². The van der Waals surface area contributed by atoms with Crippen LogP contribution in [-0.4, -0.2) is 11.7 Å². The van der Waals surface area contributed by atoms with Gasteiger partial charge in [-0.1, -0.05) is 43.7 Å². The lowest BCUT2D eigenvalue weighted by molar-refractivity contribution is -0.0941. The van der Waals surface area contributed by atoms with Crippen LogP contribution < -0.4 is 0 Å². The van der Waals surface area contributed by atoms with Gasteiger partial charge in [-0.2, -0.15) is 0 Å². The van der Waals surface area contributed by atoms with Crippen LogP contribution in [0.1, 0.15) is 32.4 Å². The Bertz CT molecular complexity index is 506. The molecule has 1 aromatic carbocycles. The van der Waals surface area contributed by atoms with Gasteiger partial charge in [0, 0.05) is 11.5 Å². The monoisotopic (exact) mass is 258 g/mol. The number of para-hydroxylation sites is 1. The Balaban J connectivity index is 2.01. The second-order valence-electron chi connectivity index (χ2n) is 6.13. The van der Waals surface area contributed by atoms with Crippen LogP contribution in [0.15, 0.2) is 35.9 Å². The van der Waals surface area contributed by atoms with Crippen LogP contribution >= 0.6 is 0 Å². The number of benzene rings is 1. The zero-order valence-corrected chi connectivity index (χ0v) is 11.8. The molecule has 5 atom stereocenters. The van der Waals surface area contributed by atoms with Crippen LogP contribution in [0, 0.1) is 23.7 Å². The fraction of sp³-hybridized carbons (Fsp3) is 0.529. The zero-order valence-electron chi connectivity index (χ0n) is 11.8. The number of phenols is 1. The summed E-state index contributed by atoms with van der Waals surface area (Å²) < 4.78 is 6.12. The summed E-state index contributed by atoms with van der Waals surface area (Å²) in [4.78, 5) is 0. The highest BCUT2D eigenvalue weighted by Crippen LogP contribution is 2.50. The first kappa shape index (κ1) is 12.7. The summed E-state index contributed by atoms with van der Waals surface area (Å²) in [5.41, 5.74) is 2.34. The molecule has 1 aliphatic carbocycles. The number of rotatable bonds is 1. The maximum Gasteiger partial charge on any atom is 0.121 e. The molecule has 1 fully saturated rings. The first-order valence-electron chi connectivity index (χ1n) is 7.17. The van der Waals surface area contributed by atoms with Crippen molar-refractivity contribution in [3.05, 3.63) is 41.5 Å². The molecule has 1 N–H and O–H groups in total. The molecule has 102 valence electrons. The fourth-order valence-corrected chi connectivity index (χ4v) is 3.96. The molecule has 2 bridgehead atoms. The van der Waals surface area contributed by atoms with E-state index in [1.54, 1.807) is 6.07 Å². The summed E-state index contributed by atoms with van der Waals surface area (Å²) in [6, 6.07) is 7.57. The number of phenolic OH excluding ortho intramolecular Hbond substituents is 1. The van der Waals surface area contributed by atoms with Crippen molar-refractivity contribution in [3.8, 4) is 5.75 Å². The number of allylic oxidation sites excluding steroid dienone is 1. The Morgan fingerprint density at radius 1 is 1.21 bits per heavy atom. The summed E-state index contributed by atoms with van der Waals surface area (Å²) in [6.45, 7) is 7.61. The Kier molecular flexibility index (Phi) is 3.14. The van der Waals surface area contributed by atoms with Gasteiger partial charge in [-0.05, 0) is 30.7 Å². The molecule has 1 saturated heterocycles. The summed E-state index contributed by atoms with van der Waals surface area (Å²) in [7, 11) is 0. The minimum atomic E-state index is -0.00352. The van der Waals surface area contributed by atoms with Crippen LogP contribution in [0.4, 0.5) is 0 Å². The van der Waals surface area contributed by atoms with Gasteiger partial charge in [0.2, 0.25) is 0 Å². The Labute approximate surface area is 115 Å². The maximum atomic E-state index is 10.1. The highest BCUT2D eigenvalue weighted by Gasteiger charge is 2.44. The molecule has 0 amide bonds. The minimum Gasteiger partial charge on any atom is -0.508 e. The zero-order chi connectivity index (χ0) is 13.6. The third-order valence-electron chi connectivity index (χ3n) is 5.01. The van der Waals surface area contributed by atoms with E-state index in [1.165, 1.54) is 5.57 Å². The fourth-order valence-electron chi connectivity index (χ4n) is 3.96. The van der Waals surface area contributed by atoms with E-state index < -0.39 is 0 Å². The van der Waals surface area contributed by atoms with E-state index in [1.807, 2.05) is 18.2 Å². The van der Waals surface area contributed by atoms with Gasteiger partial charge in [-0.3, -0.25) is 0 Å². The van der Waals surface area contributed by atoms with E-state index >= 15 is 0 Å². The van der Waals surface area contributed by atoms with Crippen molar-refractivity contribution in [3.63, 3.8) is 0 Å². The molecule has 2 heteroatoms. The van der Waals surface area contributed by atoms with Gasteiger partial charge in [0.25, 0.3) is 0 Å². The van der Waals surface area contributed by atoms with Crippen LogP contribution in [-0.2, 0) is 4.74 Å². The molecule has 1 aliphatic heterocycles. The molecule has 0 radical (unpaired) electrons. The van der Waals surface area contributed by atoms with Crippen molar-refractivity contribution >= 4 is 0 Å². The molecular weight excluding hydrogens is 236 g/mol. The highest BCUT2D eigenvalue weighted by atomic mass is 16.5. The third-order valence-corrected chi connectivity index (χ3v) is 5.01. The molecule has 2 nitrogen and oxygen atoms in total. The number of fused-ring (bicyclic) bond motifs is 2. The predicted molar refractivity (Wildman–Crippen MR) is 75.9 cm³/mol. The predicted octanol–water partition coefficient (Wildman–Crippen LogP) is 3.93. The SMILES string of the molecule is CC1=C[C@H](C)[C@H]2CO[C@@H](c3ccccc3O)[C@H]1[C@H]2C. The highest BCUT2D eigenvalue weighted by molar-refractivity contribution is 5.36. The minimum absolute atomic E-state index is 0.00352. The lowest BCUT2D eigenvalue weighted by Gasteiger charge is -2.47. The third kappa shape index (κ3) is 1.99. The first-order valence-corrected chi connectivity index (χ1v) is 7.17. The van der Waals surface area contributed by atoms with E-state index in [-0.39, 0.29) is 6.10 Å². The molecular formula is C17H22O2. The lowest BCUT2D eigenvalue weighted by Crippen LogP contribution is -2.42. The quantitative estimate of drug-likeness (QED) is 0.773. The molecule has 1 heterocycles. The first-order chi connectivity index (χ1) is 9.09. The standard InChI is InChI=1S/C17H22O2/c1-10-8-11(2)16-12(3)14(10)9-19-17(16)13-6-4-5-7-15(13)18/h4-8,10,12,14,16-18H,9H2,1-3H3/t10-,12-,14+,16+,17-/m0/s1. The largest absolute Gasteiger partial charge is 0.508 e. The molecule has 3 rings (SSSR count). The average Bonchev–Trinajstić information content (AvgIpc) is 2.36. The molecule has 0 unspecified atom stereocenters. The Morgan fingerprint density at radius 2 is 1.95 bits per heavy atom. The van der Waals surface area contributed by atoms with Crippen LogP contribution in [0.2, 0.25) is 0 Å². The molecule has 1 aromatic rings. The Morgan fingerprint density at radius 3 is 2.68 bits per heavy atom. The second kappa shape index (κ2) is 4.68. The summed E-state index contributed by atoms with van der Waals surface area (Å²) in [6.07, 6.45) is 2.39. The van der Waals surface area contributed by atoms with Gasteiger partial charge in [0.05, 0.1) is 12.7 Å². The van der Waals surface area contributed by atoms with Crippen molar-refractivity contribution < 1.29 is 9.84 Å². The second-order valence-corrected chi connectivity index (χ2v) is 6.13. The Hall–Kier alpha value is -1.28. The number of hydrogen-bond donors (Lipinski definition) is 1. The average molecular weight is 258 g/mol. The summed E-state index contributed by atoms with van der Waals surface area (Å²) in [5, 5.41) is 10.1. The van der Waals surface area contributed by atoms with Gasteiger partial charge in [-0.25, -0.2) is 0 Å². The van der Waals surface area contributed by atoms with E-state index in [0.29, 0.717) is 29.4 Å². The van der Waals surface area contributed by atoms with Crippen LogP contribution in [0.5, 0.6) is 5.75 Å². The van der Waals surface area contributed by atoms with Crippen molar-refractivity contribution in [2.75, 3.05) is 6.61 Å². The van der Waals surface area contributed by atoms with Gasteiger partial charge in [-0.15, -0.1) is 0 Å². The van der Waals surface area contributed by atoms with Crippen molar-refractivity contribution in [2.45, 2.75) is 26.9 Å². The summed E-state index contributed by atoms with van der Waals surface area (Å²) in [5.74, 6) is 2.55. The normalized spacial score (nSPS) is 37.8. The van der Waals surface area contributed by atoms with Gasteiger partial charge in [0.1, 0.15) is 5.75 Å². The number of aromatic hydroxyl groups is 1. The van der Waals surface area contributed by atoms with Gasteiger partial charge >= 0.3 is 0 Å². The molecule has 0 spiro atoms. The molecule has 0 aromatic heterocycles. The van der Waals surface area contributed by atoms with E-state index in [2.05, 4.69) is 26.8 Å². The smallest absolute Gasteiger partial charge is 0.121 e. The van der Waals surface area contributed by atoms with Crippen molar-refractivity contribution in [2.24, 2.45) is 23.7 Å². The topological polar surface area (TPSA) is 29.5 Å². The summed E-state index contributed by atoms with van der Waals surface area (Å²) >= 11 is 0. The van der Waals surface area contributed by atoms with Gasteiger partial charge in [0.15, 0.2) is 0 Å². The van der Waals surface area contributed by atoms with E-state index in [0.717, 1.165) is 12.2 Å². The molecule has 0 saturated carbocycles. The van der Waals surface area contributed by atoms with Gasteiger partial charge < -0.3 is 9.84 Å². The number of hydrogen-bond acceptors (Lipinski definition) is 2. The van der Waals surface area contributed by atoms with E-state index in [4.69, 9.17) is 4.74 Å². The van der Waals surface area contributed by atoms with E-state index in [9.17, 15) is 5.11 Å². The van der Waals surface area contributed by atoms with Crippen LogP contribution in [0.3, 0.4) is 0 Å². The number of ether oxygens (including phenoxy) is 1.